The summed E-state index contributed by atoms with van der Waals surface area (Å²) < 4.78 is 11.8. The molecule has 1 aliphatic heterocycles. The molecule has 0 spiro atoms. The van der Waals surface area contributed by atoms with Gasteiger partial charge in [-0.05, 0) is 77.1 Å². The van der Waals surface area contributed by atoms with Crippen molar-refractivity contribution in [2.45, 2.75) is 90.4 Å². The van der Waals surface area contributed by atoms with Gasteiger partial charge in [0.2, 0.25) is 0 Å². The number of hydrogen-bond donors (Lipinski definition) is 0. The number of carbonyl (C=O) groups is 2. The number of nitriles is 1. The van der Waals surface area contributed by atoms with E-state index in [1.54, 1.807) is 20.8 Å². The fourth-order valence-corrected chi connectivity index (χ4v) is 4.97. The van der Waals surface area contributed by atoms with Crippen LogP contribution in [0.1, 0.15) is 69.7 Å². The van der Waals surface area contributed by atoms with Crippen LogP contribution in [0.2, 0.25) is 0 Å². The van der Waals surface area contributed by atoms with E-state index in [-0.39, 0.29) is 18.9 Å². The molecule has 1 aliphatic rings. The molecule has 1 amide bonds. The third-order valence-corrected chi connectivity index (χ3v) is 6.77. The first kappa shape index (κ1) is 27.3. The van der Waals surface area contributed by atoms with E-state index in [9.17, 15) is 14.9 Å². The Hall–Kier alpha value is -3.33. The van der Waals surface area contributed by atoms with Crippen molar-refractivity contribution in [1.82, 2.24) is 4.90 Å². The Kier molecular flexibility index (Phi) is 7.83. The summed E-state index contributed by atoms with van der Waals surface area (Å²) in [6, 6.07) is 17.2. The second kappa shape index (κ2) is 10.3. The fraction of sp³-hybridized carbons (Fsp3) is 0.500. The van der Waals surface area contributed by atoms with Crippen LogP contribution in [0.5, 0.6) is 0 Å². The van der Waals surface area contributed by atoms with Gasteiger partial charge in [-0.1, -0.05) is 48.5 Å². The lowest BCUT2D eigenvalue weighted by Gasteiger charge is -2.44. The highest BCUT2D eigenvalue weighted by molar-refractivity contribution is 5.85. The summed E-state index contributed by atoms with van der Waals surface area (Å²) in [5.41, 5.74) is 1.57. The minimum absolute atomic E-state index is 0.146. The highest BCUT2D eigenvalue weighted by atomic mass is 16.6. The summed E-state index contributed by atoms with van der Waals surface area (Å²) in [6.45, 7) is 13.4. The number of carbonyl (C=O) groups excluding carboxylic acids is 2. The third-order valence-electron chi connectivity index (χ3n) is 6.77. The Labute approximate surface area is 215 Å². The van der Waals surface area contributed by atoms with Gasteiger partial charge in [0.15, 0.2) is 0 Å². The molecule has 6 heteroatoms. The van der Waals surface area contributed by atoms with E-state index < -0.39 is 28.8 Å². The molecule has 3 rings (SSSR count). The van der Waals surface area contributed by atoms with Gasteiger partial charge in [-0.15, -0.1) is 0 Å². The van der Waals surface area contributed by atoms with Crippen LogP contribution in [0.3, 0.4) is 0 Å². The Morgan fingerprint density at radius 2 is 1.61 bits per heavy atom. The number of hydrogen-bond acceptors (Lipinski definition) is 5. The predicted molar refractivity (Wildman–Crippen MR) is 139 cm³/mol. The van der Waals surface area contributed by atoms with Crippen molar-refractivity contribution in [1.29, 1.82) is 5.26 Å². The predicted octanol–water partition coefficient (Wildman–Crippen LogP) is 6.03. The Bertz CT molecular complexity index is 1160. The lowest BCUT2D eigenvalue weighted by Crippen LogP contribution is -2.56. The first-order valence-corrected chi connectivity index (χ1v) is 12.5. The van der Waals surface area contributed by atoms with Crippen LogP contribution in [0.15, 0.2) is 48.5 Å². The maximum absolute atomic E-state index is 14.1. The molecule has 0 N–H and O–H groups in total. The van der Waals surface area contributed by atoms with Gasteiger partial charge >= 0.3 is 12.1 Å². The number of amides is 1. The van der Waals surface area contributed by atoms with Crippen molar-refractivity contribution in [2.24, 2.45) is 0 Å². The van der Waals surface area contributed by atoms with Gasteiger partial charge < -0.3 is 9.47 Å². The molecule has 0 saturated carbocycles. The van der Waals surface area contributed by atoms with E-state index in [2.05, 4.69) is 6.07 Å². The maximum atomic E-state index is 14.1. The molecule has 0 aromatic heterocycles. The van der Waals surface area contributed by atoms with Gasteiger partial charge in [-0.25, -0.2) is 4.79 Å². The van der Waals surface area contributed by atoms with E-state index in [1.807, 2.05) is 76.2 Å². The molecule has 0 radical (unpaired) electrons. The minimum Gasteiger partial charge on any atom is -0.459 e. The number of aryl methyl sites for hydroxylation is 2. The molecule has 36 heavy (non-hydrogen) atoms. The number of ether oxygens (including phenoxy) is 2. The van der Waals surface area contributed by atoms with E-state index >= 15 is 0 Å². The summed E-state index contributed by atoms with van der Waals surface area (Å²) in [5, 5.41) is 10.0. The van der Waals surface area contributed by atoms with Gasteiger partial charge in [-0.2, -0.15) is 5.26 Å². The highest BCUT2D eigenvalue weighted by Gasteiger charge is 2.51. The molecule has 0 bridgehead atoms. The number of likely N-dealkylation sites (tertiary alicyclic amines) is 1. The van der Waals surface area contributed by atoms with Crippen molar-refractivity contribution in [3.63, 3.8) is 0 Å². The van der Waals surface area contributed by atoms with Crippen molar-refractivity contribution >= 4 is 12.1 Å². The summed E-state index contributed by atoms with van der Waals surface area (Å²) in [7, 11) is 0. The smallest absolute Gasteiger partial charge is 0.411 e. The summed E-state index contributed by atoms with van der Waals surface area (Å²) in [6.07, 6.45) is 0.517. The molecule has 2 atom stereocenters. The molecule has 2 aromatic rings. The van der Waals surface area contributed by atoms with E-state index in [4.69, 9.17) is 9.47 Å². The Morgan fingerprint density at radius 3 is 2.19 bits per heavy atom. The van der Waals surface area contributed by atoms with Crippen LogP contribution in [-0.2, 0) is 26.1 Å². The van der Waals surface area contributed by atoms with Crippen molar-refractivity contribution in [3.05, 3.63) is 70.8 Å². The van der Waals surface area contributed by atoms with Gasteiger partial charge in [-0.3, -0.25) is 9.69 Å². The van der Waals surface area contributed by atoms with Gasteiger partial charge in [0.1, 0.15) is 17.2 Å². The van der Waals surface area contributed by atoms with E-state index in [0.717, 1.165) is 22.3 Å². The van der Waals surface area contributed by atoms with Gasteiger partial charge in [0.25, 0.3) is 0 Å². The molecular weight excluding hydrogens is 452 g/mol. The Morgan fingerprint density at radius 1 is 1.00 bits per heavy atom. The maximum Gasteiger partial charge on any atom is 0.411 e. The number of nitrogens with zero attached hydrogens (tertiary/aromatic N) is 2. The molecule has 1 saturated heterocycles. The molecule has 2 unspecified atom stereocenters. The fourth-order valence-electron chi connectivity index (χ4n) is 4.97. The second-order valence-electron chi connectivity index (χ2n) is 11.4. The SMILES string of the molecule is Cc1ccccc1CC(C)(C)OC(=O)C1(c2ccccc2C)CCN(C(=O)OC(C)(C)C)C(C#N)C1. The number of rotatable bonds is 5. The van der Waals surface area contributed by atoms with Crippen LogP contribution in [0.4, 0.5) is 4.79 Å². The van der Waals surface area contributed by atoms with Crippen LogP contribution in [-0.4, -0.2) is 40.8 Å². The van der Waals surface area contributed by atoms with Crippen LogP contribution >= 0.6 is 0 Å². The summed E-state index contributed by atoms with van der Waals surface area (Å²) in [4.78, 5) is 28.4. The molecule has 1 fully saturated rings. The average Bonchev–Trinajstić information content (AvgIpc) is 2.78. The first-order valence-electron chi connectivity index (χ1n) is 12.5. The number of esters is 1. The molecule has 1 heterocycles. The Balaban J connectivity index is 1.94. The lowest BCUT2D eigenvalue weighted by atomic mass is 9.69. The average molecular weight is 491 g/mol. The normalized spacial score (nSPS) is 20.4. The van der Waals surface area contributed by atoms with Crippen molar-refractivity contribution in [3.8, 4) is 6.07 Å². The van der Waals surface area contributed by atoms with Gasteiger partial charge in [0, 0.05) is 19.4 Å². The first-order chi connectivity index (χ1) is 16.8. The van der Waals surface area contributed by atoms with Crippen LogP contribution in [0.25, 0.3) is 0 Å². The highest BCUT2D eigenvalue weighted by Crippen LogP contribution is 2.42. The zero-order chi connectivity index (χ0) is 26.7. The second-order valence-corrected chi connectivity index (χ2v) is 11.4. The monoisotopic (exact) mass is 490 g/mol. The van der Waals surface area contributed by atoms with Crippen LogP contribution < -0.4 is 0 Å². The quantitative estimate of drug-likeness (QED) is 0.478. The zero-order valence-electron chi connectivity index (χ0n) is 22.6. The van der Waals surface area contributed by atoms with E-state index in [1.165, 1.54) is 4.90 Å². The summed E-state index contributed by atoms with van der Waals surface area (Å²) >= 11 is 0. The zero-order valence-corrected chi connectivity index (χ0v) is 22.6. The molecule has 0 aliphatic carbocycles. The molecule has 2 aromatic carbocycles. The standard InChI is InChI=1S/C30H38N2O4/c1-21-12-8-10-14-23(21)18-29(6,7)35-26(33)30(25-15-11-9-13-22(25)2)16-17-32(24(19-30)20-31)27(34)36-28(3,4)5/h8-15,24H,16-19H2,1-7H3. The van der Waals surface area contributed by atoms with Crippen molar-refractivity contribution < 1.29 is 19.1 Å². The van der Waals surface area contributed by atoms with Crippen LogP contribution in [0, 0.1) is 25.2 Å². The molecule has 6 nitrogen and oxygen atoms in total. The topological polar surface area (TPSA) is 79.6 Å². The third kappa shape index (κ3) is 6.07. The molecular formula is C30H38N2O4. The molecule has 192 valence electrons. The largest absolute Gasteiger partial charge is 0.459 e. The number of piperidine rings is 1. The minimum atomic E-state index is -1.05. The van der Waals surface area contributed by atoms with Crippen molar-refractivity contribution in [2.75, 3.05) is 6.54 Å². The van der Waals surface area contributed by atoms with Gasteiger partial charge in [0.05, 0.1) is 11.5 Å². The lowest BCUT2D eigenvalue weighted by molar-refractivity contribution is -0.166. The van der Waals surface area contributed by atoms with E-state index in [0.29, 0.717) is 12.8 Å². The number of benzene rings is 2. The summed E-state index contributed by atoms with van der Waals surface area (Å²) in [5.74, 6) is -0.362.